The Kier molecular flexibility index (Phi) is 4.94. The fourth-order valence-electron chi connectivity index (χ4n) is 3.72. The Morgan fingerprint density at radius 2 is 1.81 bits per heavy atom. The highest BCUT2D eigenvalue weighted by molar-refractivity contribution is 5.32. The number of aryl methyl sites for hydroxylation is 2. The van der Waals surface area contributed by atoms with Crippen molar-refractivity contribution in [3.05, 3.63) is 34.9 Å². The highest BCUT2D eigenvalue weighted by atomic mass is 16.5. The lowest BCUT2D eigenvalue weighted by atomic mass is 9.84. The smallest absolute Gasteiger partial charge is 0.0469 e. The van der Waals surface area contributed by atoms with E-state index in [4.69, 9.17) is 4.74 Å². The summed E-state index contributed by atoms with van der Waals surface area (Å²) < 4.78 is 5.59. The van der Waals surface area contributed by atoms with Gasteiger partial charge < -0.3 is 10.1 Å². The van der Waals surface area contributed by atoms with Crippen LogP contribution in [0.4, 0.5) is 0 Å². The predicted molar refractivity (Wildman–Crippen MR) is 86.6 cm³/mol. The lowest BCUT2D eigenvalue weighted by Crippen LogP contribution is -2.47. The van der Waals surface area contributed by atoms with E-state index in [9.17, 15) is 0 Å². The van der Waals surface area contributed by atoms with Gasteiger partial charge in [-0.2, -0.15) is 0 Å². The number of hydrogen-bond donors (Lipinski definition) is 1. The molecule has 21 heavy (non-hydrogen) atoms. The van der Waals surface area contributed by atoms with Crippen LogP contribution < -0.4 is 5.32 Å². The van der Waals surface area contributed by atoms with Gasteiger partial charge in [-0.3, -0.25) is 4.90 Å². The third kappa shape index (κ3) is 3.47. The van der Waals surface area contributed by atoms with E-state index < -0.39 is 0 Å². The molecule has 1 N–H and O–H groups in total. The number of piperazine rings is 1. The van der Waals surface area contributed by atoms with Gasteiger partial charge in [0.15, 0.2) is 0 Å². The number of nitrogens with zero attached hydrogens (tertiary/aromatic N) is 1. The van der Waals surface area contributed by atoms with Crippen LogP contribution in [0.2, 0.25) is 0 Å². The minimum absolute atomic E-state index is 0.565. The first kappa shape index (κ1) is 15.0. The second kappa shape index (κ2) is 6.91. The first-order valence-corrected chi connectivity index (χ1v) is 8.35. The zero-order valence-corrected chi connectivity index (χ0v) is 13.4. The fourth-order valence-corrected chi connectivity index (χ4v) is 3.72. The average molecular weight is 288 g/mol. The van der Waals surface area contributed by atoms with E-state index in [1.807, 2.05) is 0 Å². The first-order valence-electron chi connectivity index (χ1n) is 8.35. The summed E-state index contributed by atoms with van der Waals surface area (Å²) in [5.74, 6) is 0.735. The molecular formula is C18H28N2O. The van der Waals surface area contributed by atoms with Crippen LogP contribution in [0.3, 0.4) is 0 Å². The quantitative estimate of drug-likeness (QED) is 0.925. The molecule has 1 aromatic carbocycles. The fraction of sp³-hybridized carbons (Fsp3) is 0.667. The third-order valence-corrected chi connectivity index (χ3v) is 5.13. The van der Waals surface area contributed by atoms with E-state index in [-0.39, 0.29) is 0 Å². The van der Waals surface area contributed by atoms with Crippen molar-refractivity contribution in [2.24, 2.45) is 5.92 Å². The van der Waals surface area contributed by atoms with E-state index in [2.05, 4.69) is 42.3 Å². The molecule has 0 radical (unpaired) electrons. The summed E-state index contributed by atoms with van der Waals surface area (Å²) in [6.07, 6.45) is 2.39. The Morgan fingerprint density at radius 3 is 2.48 bits per heavy atom. The van der Waals surface area contributed by atoms with Crippen LogP contribution in [0.1, 0.15) is 35.6 Å². The van der Waals surface area contributed by atoms with E-state index in [0.717, 1.165) is 45.3 Å². The summed E-state index contributed by atoms with van der Waals surface area (Å²) in [6, 6.07) is 7.62. The van der Waals surface area contributed by atoms with Crippen LogP contribution in [-0.4, -0.2) is 44.3 Å². The van der Waals surface area contributed by atoms with Crippen molar-refractivity contribution in [3.63, 3.8) is 0 Å². The second-order valence-electron chi connectivity index (χ2n) is 6.52. The highest BCUT2D eigenvalue weighted by Gasteiger charge is 2.31. The van der Waals surface area contributed by atoms with Crippen molar-refractivity contribution in [3.8, 4) is 0 Å². The Balaban J connectivity index is 1.87. The van der Waals surface area contributed by atoms with E-state index >= 15 is 0 Å². The molecule has 3 heteroatoms. The minimum Gasteiger partial charge on any atom is -0.381 e. The van der Waals surface area contributed by atoms with Crippen LogP contribution in [-0.2, 0) is 4.74 Å². The molecule has 3 nitrogen and oxygen atoms in total. The molecule has 2 aliphatic heterocycles. The van der Waals surface area contributed by atoms with Gasteiger partial charge in [-0.05, 0) is 49.3 Å². The number of ether oxygens (including phenoxy) is 1. The summed E-state index contributed by atoms with van der Waals surface area (Å²) in [6.45, 7) is 10.8. The van der Waals surface area contributed by atoms with Gasteiger partial charge >= 0.3 is 0 Å². The lowest BCUT2D eigenvalue weighted by molar-refractivity contribution is 0.0213. The number of benzene rings is 1. The van der Waals surface area contributed by atoms with Crippen molar-refractivity contribution >= 4 is 0 Å². The van der Waals surface area contributed by atoms with Gasteiger partial charge in [-0.15, -0.1) is 0 Å². The minimum atomic E-state index is 0.565. The largest absolute Gasteiger partial charge is 0.381 e. The topological polar surface area (TPSA) is 24.5 Å². The van der Waals surface area contributed by atoms with Gasteiger partial charge in [0.05, 0.1) is 0 Å². The summed E-state index contributed by atoms with van der Waals surface area (Å²) in [5.41, 5.74) is 4.32. The van der Waals surface area contributed by atoms with Gasteiger partial charge in [0.25, 0.3) is 0 Å². The van der Waals surface area contributed by atoms with Crippen molar-refractivity contribution in [2.45, 2.75) is 32.7 Å². The van der Waals surface area contributed by atoms with Crippen molar-refractivity contribution in [2.75, 3.05) is 39.4 Å². The molecule has 116 valence electrons. The van der Waals surface area contributed by atoms with Gasteiger partial charge in [-0.1, -0.05) is 18.2 Å². The summed E-state index contributed by atoms with van der Waals surface area (Å²) in [7, 11) is 0. The van der Waals surface area contributed by atoms with Crippen LogP contribution in [0, 0.1) is 19.8 Å². The zero-order valence-electron chi connectivity index (χ0n) is 13.4. The molecule has 0 spiro atoms. The first-order chi connectivity index (χ1) is 10.3. The molecule has 0 bridgehead atoms. The molecule has 1 aromatic rings. The Hall–Kier alpha value is -0.900. The molecular weight excluding hydrogens is 260 g/mol. The molecule has 0 amide bonds. The summed E-state index contributed by atoms with van der Waals surface area (Å²) >= 11 is 0. The van der Waals surface area contributed by atoms with Crippen molar-refractivity contribution in [1.29, 1.82) is 0 Å². The van der Waals surface area contributed by atoms with Gasteiger partial charge in [0, 0.05) is 45.4 Å². The van der Waals surface area contributed by atoms with E-state index in [1.54, 1.807) is 0 Å². The summed E-state index contributed by atoms with van der Waals surface area (Å²) in [4.78, 5) is 2.69. The standard InChI is InChI=1S/C18H28N2O/c1-14-3-4-17(13-15(14)2)18(16-5-11-21-12-6-16)20-9-7-19-8-10-20/h3-4,13,16,18-19H,5-12H2,1-2H3/t18-/m1/s1. The molecule has 0 unspecified atom stereocenters. The molecule has 1 atom stereocenters. The number of hydrogen-bond acceptors (Lipinski definition) is 3. The van der Waals surface area contributed by atoms with Crippen LogP contribution >= 0.6 is 0 Å². The molecule has 3 rings (SSSR count). The number of rotatable bonds is 3. The summed E-state index contributed by atoms with van der Waals surface area (Å²) in [5, 5.41) is 3.48. The Morgan fingerprint density at radius 1 is 1.10 bits per heavy atom. The Labute approximate surface area is 128 Å². The monoisotopic (exact) mass is 288 g/mol. The number of nitrogens with one attached hydrogen (secondary N) is 1. The van der Waals surface area contributed by atoms with Gasteiger partial charge in [0.2, 0.25) is 0 Å². The average Bonchev–Trinajstić information content (AvgIpc) is 2.53. The van der Waals surface area contributed by atoms with Crippen LogP contribution in [0.25, 0.3) is 0 Å². The van der Waals surface area contributed by atoms with Crippen molar-refractivity contribution in [1.82, 2.24) is 10.2 Å². The van der Waals surface area contributed by atoms with Gasteiger partial charge in [0.1, 0.15) is 0 Å². The van der Waals surface area contributed by atoms with Crippen LogP contribution in [0.15, 0.2) is 18.2 Å². The maximum atomic E-state index is 5.59. The van der Waals surface area contributed by atoms with Gasteiger partial charge in [-0.25, -0.2) is 0 Å². The Bertz CT molecular complexity index is 444. The molecule has 0 aromatic heterocycles. The zero-order chi connectivity index (χ0) is 14.7. The predicted octanol–water partition coefficient (Wildman–Crippen LogP) is 2.68. The van der Waals surface area contributed by atoms with E-state index in [1.165, 1.54) is 29.5 Å². The maximum absolute atomic E-state index is 5.59. The molecule has 2 aliphatic rings. The molecule has 0 aliphatic carbocycles. The molecule has 2 heterocycles. The van der Waals surface area contributed by atoms with E-state index in [0.29, 0.717) is 6.04 Å². The van der Waals surface area contributed by atoms with Crippen molar-refractivity contribution < 1.29 is 4.74 Å². The third-order valence-electron chi connectivity index (χ3n) is 5.13. The lowest BCUT2D eigenvalue weighted by Gasteiger charge is -2.41. The molecule has 0 saturated carbocycles. The van der Waals surface area contributed by atoms with Crippen LogP contribution in [0.5, 0.6) is 0 Å². The highest BCUT2D eigenvalue weighted by Crippen LogP contribution is 2.35. The normalized spacial score (nSPS) is 23.1. The SMILES string of the molecule is Cc1ccc([C@@H](C2CCOCC2)N2CCNCC2)cc1C. The molecule has 2 saturated heterocycles. The molecule has 2 fully saturated rings. The maximum Gasteiger partial charge on any atom is 0.0469 e. The second-order valence-corrected chi connectivity index (χ2v) is 6.52.